The molecular weight excluding hydrogens is 870 g/mol. The third-order valence-electron chi connectivity index (χ3n) is 12.0. The van der Waals surface area contributed by atoms with Crippen molar-refractivity contribution in [2.24, 2.45) is 5.92 Å². The summed E-state index contributed by atoms with van der Waals surface area (Å²) in [4.78, 5) is 58.3. The number of aromatic hydroxyl groups is 1. The molecular formula is C52H69BrF2O8. The van der Waals surface area contributed by atoms with Crippen molar-refractivity contribution in [3.05, 3.63) is 117 Å². The van der Waals surface area contributed by atoms with Gasteiger partial charge in [0.05, 0.1) is 15.6 Å². The molecule has 11 heteroatoms. The van der Waals surface area contributed by atoms with Gasteiger partial charge in [-0.05, 0) is 196 Å². The fraction of sp³-hybridized carbons (Fsp3) is 0.481. The number of ketones is 4. The van der Waals surface area contributed by atoms with Gasteiger partial charge in [0.15, 0.2) is 17.3 Å². The van der Waals surface area contributed by atoms with Crippen LogP contribution in [0.1, 0.15) is 170 Å². The number of allylic oxidation sites excluding steroid dienone is 3. The number of phenols is 1. The summed E-state index contributed by atoms with van der Waals surface area (Å²) >= 11 is 3.33. The van der Waals surface area contributed by atoms with Gasteiger partial charge < -0.3 is 15.3 Å². The monoisotopic (exact) mass is 938 g/mol. The molecule has 1 unspecified atom stereocenters. The van der Waals surface area contributed by atoms with Crippen LogP contribution in [0.5, 0.6) is 5.75 Å². The summed E-state index contributed by atoms with van der Waals surface area (Å²) in [5.74, 6) is -1.69. The summed E-state index contributed by atoms with van der Waals surface area (Å²) in [5, 5.41) is 28.4. The lowest BCUT2D eigenvalue weighted by molar-refractivity contribution is -0.129. The molecule has 3 N–H and O–H groups in total. The second kappa shape index (κ2) is 25.5. The summed E-state index contributed by atoms with van der Waals surface area (Å²) in [5.41, 5.74) is 13.5. The molecule has 63 heavy (non-hydrogen) atoms. The molecule has 3 aromatic carbocycles. The van der Waals surface area contributed by atoms with Gasteiger partial charge in [-0.15, -0.1) is 0 Å². The first-order valence-electron chi connectivity index (χ1n) is 21.7. The predicted molar refractivity (Wildman–Crippen MR) is 253 cm³/mol. The van der Waals surface area contributed by atoms with E-state index >= 15 is 0 Å². The number of aliphatic hydroxyl groups is 1. The van der Waals surface area contributed by atoms with Gasteiger partial charge in [0.1, 0.15) is 23.2 Å². The van der Waals surface area contributed by atoms with Crippen molar-refractivity contribution in [2.45, 2.75) is 162 Å². The van der Waals surface area contributed by atoms with Gasteiger partial charge in [-0.1, -0.05) is 33.8 Å². The number of carbonyl (C=O) groups is 5. The van der Waals surface area contributed by atoms with E-state index in [0.717, 1.165) is 86.5 Å². The normalized spacial score (nSPS) is 13.1. The molecule has 0 heterocycles. The van der Waals surface area contributed by atoms with Crippen LogP contribution in [0.2, 0.25) is 0 Å². The minimum atomic E-state index is -2.38. The highest BCUT2D eigenvalue weighted by atomic mass is 79.9. The Morgan fingerprint density at radius 1 is 0.619 bits per heavy atom. The first-order chi connectivity index (χ1) is 29.3. The van der Waals surface area contributed by atoms with Gasteiger partial charge in [-0.25, -0.2) is 13.6 Å². The zero-order valence-corrected chi connectivity index (χ0v) is 41.6. The molecule has 0 bridgehead atoms. The quantitative estimate of drug-likeness (QED) is 0.113. The van der Waals surface area contributed by atoms with E-state index in [4.69, 9.17) is 5.11 Å². The molecule has 0 amide bonds. The number of alkyl halides is 2. The van der Waals surface area contributed by atoms with E-state index in [1.54, 1.807) is 6.92 Å². The third-order valence-corrected chi connectivity index (χ3v) is 13.0. The smallest absolute Gasteiger partial charge is 0.336 e. The molecule has 1 aliphatic rings. The zero-order chi connectivity index (χ0) is 48.8. The number of hydrogen-bond donors (Lipinski definition) is 3. The van der Waals surface area contributed by atoms with Crippen LogP contribution < -0.4 is 0 Å². The Morgan fingerprint density at radius 3 is 1.51 bits per heavy atom. The summed E-state index contributed by atoms with van der Waals surface area (Å²) < 4.78 is 25.8. The summed E-state index contributed by atoms with van der Waals surface area (Å²) in [6.45, 7) is 28.7. The minimum Gasteiger partial charge on any atom is -0.508 e. The Balaban J connectivity index is 0.000000422. The molecule has 0 fully saturated rings. The number of benzene rings is 3. The van der Waals surface area contributed by atoms with Crippen LogP contribution in [0.15, 0.2) is 34.0 Å². The van der Waals surface area contributed by atoms with Crippen molar-refractivity contribution in [1.82, 2.24) is 0 Å². The first-order valence-corrected chi connectivity index (χ1v) is 22.5. The molecule has 0 saturated heterocycles. The standard InChI is InChI=1S/C15H20F2O.C13H17BrO2.C12H16O3.C12H16O2/c1-5-6-13(18)15-10(3)7-9(2)12(11(15)4)8-14(16)17;1-5-6-10(15)11-8(3)7(2)9(4)12(14)13(11)16;1-3-5-10(14)12-8(4-2)6-9(13)7-11(12)15;1-6-7(2)9(4)11(12(13)14)10(5)8(6)3/h7,14H,5-6,8H2,1-4H3;16H,5-6H2,1-4H3;6-7,12-13H,3-5H2,1-2H3;1-5H3,(H,13,14). The number of aromatic carboxylic acids is 1. The summed E-state index contributed by atoms with van der Waals surface area (Å²) in [6, 6.07) is 1.84. The molecule has 0 aliphatic heterocycles. The summed E-state index contributed by atoms with van der Waals surface area (Å²) in [7, 11) is 0. The van der Waals surface area contributed by atoms with Gasteiger partial charge in [0.2, 0.25) is 6.43 Å². The van der Waals surface area contributed by atoms with Gasteiger partial charge >= 0.3 is 5.97 Å². The maximum atomic E-state index is 12.6. The van der Waals surface area contributed by atoms with Crippen LogP contribution in [0, 0.1) is 82.1 Å². The number of halogens is 3. The average Bonchev–Trinajstić information content (AvgIpc) is 3.20. The van der Waals surface area contributed by atoms with Crippen molar-refractivity contribution < 1.29 is 48.1 Å². The molecule has 0 saturated carbocycles. The SMILES string of the molecule is CCCC(=O)C1C(=O)C=C(O)C=C1CC.CCCC(=O)c1c(C)c(C)c(C)c(Br)c1O.CCCC(=O)c1c(C)cc(C)c(CC(F)F)c1C.Cc1c(C)c(C)c(C(=O)O)c(C)c1C. The number of carboxylic acids is 1. The third kappa shape index (κ3) is 14.4. The highest BCUT2D eigenvalue weighted by molar-refractivity contribution is 9.10. The van der Waals surface area contributed by atoms with Gasteiger partial charge in [-0.3, -0.25) is 19.2 Å². The number of carbonyl (C=O) groups excluding carboxylic acids is 4. The lowest BCUT2D eigenvalue weighted by Crippen LogP contribution is -2.27. The highest BCUT2D eigenvalue weighted by Gasteiger charge is 2.30. The number of Topliss-reactive ketones (excluding diaryl/α,β-unsaturated/α-hetero) is 3. The molecule has 346 valence electrons. The molecule has 0 spiro atoms. The van der Waals surface area contributed by atoms with E-state index in [-0.39, 0.29) is 41.1 Å². The van der Waals surface area contributed by atoms with Gasteiger partial charge in [0, 0.05) is 37.3 Å². The van der Waals surface area contributed by atoms with Crippen molar-refractivity contribution in [3.8, 4) is 5.75 Å². The Labute approximate surface area is 382 Å². The lowest BCUT2D eigenvalue weighted by atomic mass is 9.83. The van der Waals surface area contributed by atoms with Gasteiger partial charge in [0.25, 0.3) is 0 Å². The molecule has 8 nitrogen and oxygen atoms in total. The van der Waals surface area contributed by atoms with Crippen molar-refractivity contribution in [1.29, 1.82) is 0 Å². The van der Waals surface area contributed by atoms with Crippen LogP contribution in [-0.2, 0) is 16.0 Å². The second-order valence-corrected chi connectivity index (χ2v) is 17.1. The van der Waals surface area contributed by atoms with E-state index in [0.29, 0.717) is 52.4 Å². The Morgan fingerprint density at radius 2 is 1.06 bits per heavy atom. The maximum Gasteiger partial charge on any atom is 0.336 e. The Kier molecular flexibility index (Phi) is 22.8. The van der Waals surface area contributed by atoms with Gasteiger partial charge in [-0.2, -0.15) is 0 Å². The topological polar surface area (TPSA) is 146 Å². The lowest BCUT2D eigenvalue weighted by Gasteiger charge is -2.18. The van der Waals surface area contributed by atoms with Crippen LogP contribution in [-0.4, -0.2) is 50.8 Å². The Bertz CT molecular complexity index is 2210. The fourth-order valence-electron chi connectivity index (χ4n) is 7.88. The number of carboxylic acid groups (broad SMARTS) is 1. The van der Waals surface area contributed by atoms with E-state index in [9.17, 15) is 43.0 Å². The van der Waals surface area contributed by atoms with E-state index in [2.05, 4.69) is 15.9 Å². The molecule has 3 aromatic rings. The van der Waals surface area contributed by atoms with Crippen molar-refractivity contribution in [2.75, 3.05) is 0 Å². The fourth-order valence-corrected chi connectivity index (χ4v) is 8.37. The second-order valence-electron chi connectivity index (χ2n) is 16.3. The van der Waals surface area contributed by atoms with E-state index in [1.165, 1.54) is 11.6 Å². The molecule has 0 aromatic heterocycles. The molecule has 1 aliphatic carbocycles. The van der Waals surface area contributed by atoms with Crippen molar-refractivity contribution >= 4 is 45.0 Å². The number of hydrogen-bond acceptors (Lipinski definition) is 7. The number of aryl methyl sites for hydroxylation is 2. The summed E-state index contributed by atoms with van der Waals surface area (Å²) in [6.07, 6.45) is 4.31. The molecule has 4 rings (SSSR count). The van der Waals surface area contributed by atoms with Crippen LogP contribution in [0.4, 0.5) is 8.78 Å². The highest BCUT2D eigenvalue weighted by Crippen LogP contribution is 2.37. The van der Waals surface area contributed by atoms with E-state index in [1.807, 2.05) is 103 Å². The van der Waals surface area contributed by atoms with Crippen molar-refractivity contribution in [3.63, 3.8) is 0 Å². The zero-order valence-electron chi connectivity index (χ0n) is 40.1. The predicted octanol–water partition coefficient (Wildman–Crippen LogP) is 13.7. The van der Waals surface area contributed by atoms with Crippen LogP contribution in [0.3, 0.4) is 0 Å². The Hall–Kier alpha value is -4.77. The number of phenolic OH excluding ortho intramolecular Hbond substituents is 1. The number of rotatable bonds is 13. The molecule has 1 atom stereocenters. The number of aliphatic hydroxyl groups excluding tert-OH is 1. The largest absolute Gasteiger partial charge is 0.508 e. The average molecular weight is 940 g/mol. The van der Waals surface area contributed by atoms with Crippen LogP contribution >= 0.6 is 15.9 Å². The molecule has 0 radical (unpaired) electrons. The van der Waals surface area contributed by atoms with E-state index < -0.39 is 18.3 Å². The first kappa shape index (κ1) is 56.2. The maximum absolute atomic E-state index is 12.6. The van der Waals surface area contributed by atoms with Crippen LogP contribution in [0.25, 0.3) is 0 Å². The minimum absolute atomic E-state index is 0.0151.